The molecule has 0 N–H and O–H groups in total. The van der Waals surface area contributed by atoms with Gasteiger partial charge in [0, 0.05) is 18.8 Å². The third-order valence-electron chi connectivity index (χ3n) is 1.83. The molecule has 0 aromatic heterocycles. The largest absolute Gasteiger partial charge is 0.303 e. The highest BCUT2D eigenvalue weighted by atomic mass is 16.1. The van der Waals surface area contributed by atoms with Gasteiger partial charge in [0.2, 0.25) is 0 Å². The highest BCUT2D eigenvalue weighted by molar-refractivity contribution is 5.80. The molecule has 0 bridgehead atoms. The van der Waals surface area contributed by atoms with E-state index < -0.39 is 0 Å². The molecule has 0 saturated heterocycles. The SMILES string of the molecule is CC(=O)C(CC=O)CCCC=O. The van der Waals surface area contributed by atoms with Crippen LogP contribution in [0.3, 0.4) is 0 Å². The molecule has 0 aliphatic carbocycles. The first-order valence-corrected chi connectivity index (χ1v) is 4.10. The quantitative estimate of drug-likeness (QED) is 0.425. The first-order chi connectivity index (χ1) is 5.72. The van der Waals surface area contributed by atoms with Crippen LogP contribution < -0.4 is 0 Å². The highest BCUT2D eigenvalue weighted by Gasteiger charge is 2.12. The maximum atomic E-state index is 10.9. The fourth-order valence-electron chi connectivity index (χ4n) is 1.05. The standard InChI is InChI=1S/C9H14O3/c1-8(12)9(5-7-11)4-2-3-6-10/h6-7,9H,2-5H2,1H3. The summed E-state index contributed by atoms with van der Waals surface area (Å²) in [5.41, 5.74) is 0. The van der Waals surface area contributed by atoms with Crippen molar-refractivity contribution < 1.29 is 14.4 Å². The summed E-state index contributed by atoms with van der Waals surface area (Å²) in [6, 6.07) is 0. The molecule has 3 heteroatoms. The average molecular weight is 170 g/mol. The van der Waals surface area contributed by atoms with Crippen LogP contribution >= 0.6 is 0 Å². The molecule has 0 spiro atoms. The lowest BCUT2D eigenvalue weighted by atomic mass is 9.95. The molecule has 0 rings (SSSR count). The van der Waals surface area contributed by atoms with Crippen LogP contribution in [0, 0.1) is 5.92 Å². The summed E-state index contributed by atoms with van der Waals surface area (Å²) in [7, 11) is 0. The number of rotatable bonds is 7. The third-order valence-corrected chi connectivity index (χ3v) is 1.83. The second-order valence-corrected chi connectivity index (χ2v) is 2.81. The maximum absolute atomic E-state index is 10.9. The predicted molar refractivity (Wildman–Crippen MR) is 44.8 cm³/mol. The Hall–Kier alpha value is -0.990. The van der Waals surface area contributed by atoms with Gasteiger partial charge in [-0.25, -0.2) is 0 Å². The van der Waals surface area contributed by atoms with Crippen LogP contribution in [-0.4, -0.2) is 18.4 Å². The van der Waals surface area contributed by atoms with Crippen molar-refractivity contribution in [3.05, 3.63) is 0 Å². The summed E-state index contributed by atoms with van der Waals surface area (Å²) in [4.78, 5) is 31.0. The van der Waals surface area contributed by atoms with Gasteiger partial charge in [-0.15, -0.1) is 0 Å². The van der Waals surface area contributed by atoms with Gasteiger partial charge in [0.15, 0.2) is 0 Å². The Balaban J connectivity index is 3.70. The molecule has 0 radical (unpaired) electrons. The van der Waals surface area contributed by atoms with Crippen LogP contribution in [0.1, 0.15) is 32.6 Å². The van der Waals surface area contributed by atoms with Crippen molar-refractivity contribution in [2.75, 3.05) is 0 Å². The number of carbonyl (C=O) groups is 3. The van der Waals surface area contributed by atoms with E-state index in [0.29, 0.717) is 19.3 Å². The summed E-state index contributed by atoms with van der Waals surface area (Å²) in [5, 5.41) is 0. The van der Waals surface area contributed by atoms with Crippen molar-refractivity contribution in [3.8, 4) is 0 Å². The van der Waals surface area contributed by atoms with E-state index in [1.165, 1.54) is 6.92 Å². The lowest BCUT2D eigenvalue weighted by Crippen LogP contribution is -2.11. The van der Waals surface area contributed by atoms with Gasteiger partial charge in [-0.2, -0.15) is 0 Å². The lowest BCUT2D eigenvalue weighted by Gasteiger charge is -2.07. The van der Waals surface area contributed by atoms with Crippen molar-refractivity contribution in [3.63, 3.8) is 0 Å². The van der Waals surface area contributed by atoms with Crippen LogP contribution in [0.4, 0.5) is 0 Å². The lowest BCUT2D eigenvalue weighted by molar-refractivity contribution is -0.123. The summed E-state index contributed by atoms with van der Waals surface area (Å²) >= 11 is 0. The van der Waals surface area contributed by atoms with Gasteiger partial charge < -0.3 is 9.59 Å². The zero-order valence-electron chi connectivity index (χ0n) is 7.29. The van der Waals surface area contributed by atoms with Crippen molar-refractivity contribution in [1.82, 2.24) is 0 Å². The Bertz CT molecular complexity index is 163. The second kappa shape index (κ2) is 6.70. The number of unbranched alkanes of at least 4 members (excludes halogenated alkanes) is 1. The average Bonchev–Trinajstić information content (AvgIpc) is 2.03. The van der Waals surface area contributed by atoms with Crippen LogP contribution in [0.25, 0.3) is 0 Å². The minimum atomic E-state index is -0.178. The van der Waals surface area contributed by atoms with Crippen molar-refractivity contribution >= 4 is 18.4 Å². The normalized spacial score (nSPS) is 12.1. The fraction of sp³-hybridized carbons (Fsp3) is 0.667. The molecule has 1 atom stereocenters. The fourth-order valence-corrected chi connectivity index (χ4v) is 1.05. The Morgan fingerprint density at radius 3 is 2.42 bits per heavy atom. The number of hydrogen-bond donors (Lipinski definition) is 0. The van der Waals surface area contributed by atoms with Crippen molar-refractivity contribution in [2.24, 2.45) is 5.92 Å². The Labute approximate surface area is 72.1 Å². The molecule has 68 valence electrons. The molecule has 0 aromatic rings. The topological polar surface area (TPSA) is 51.2 Å². The zero-order valence-corrected chi connectivity index (χ0v) is 7.29. The zero-order chi connectivity index (χ0) is 9.40. The molecule has 0 aliphatic heterocycles. The molecule has 0 fully saturated rings. The molecular formula is C9H14O3. The summed E-state index contributed by atoms with van der Waals surface area (Å²) in [6.07, 6.45) is 3.69. The van der Waals surface area contributed by atoms with Crippen LogP contribution in [0.2, 0.25) is 0 Å². The number of Topliss-reactive ketones (excluding diaryl/α,β-unsaturated/α-hetero) is 1. The molecular weight excluding hydrogens is 156 g/mol. The Morgan fingerprint density at radius 1 is 1.33 bits per heavy atom. The number of aldehydes is 2. The summed E-state index contributed by atoms with van der Waals surface area (Å²) in [6.45, 7) is 1.48. The third kappa shape index (κ3) is 4.77. The van der Waals surface area contributed by atoms with Crippen LogP contribution in [0.5, 0.6) is 0 Å². The monoisotopic (exact) mass is 170 g/mol. The Morgan fingerprint density at radius 2 is 2.00 bits per heavy atom. The van der Waals surface area contributed by atoms with E-state index in [1.54, 1.807) is 0 Å². The van der Waals surface area contributed by atoms with Gasteiger partial charge in [-0.3, -0.25) is 4.79 Å². The van der Waals surface area contributed by atoms with Crippen LogP contribution in [0.15, 0.2) is 0 Å². The van der Waals surface area contributed by atoms with Gasteiger partial charge in [0.25, 0.3) is 0 Å². The number of hydrogen-bond acceptors (Lipinski definition) is 3. The molecule has 3 nitrogen and oxygen atoms in total. The van der Waals surface area contributed by atoms with Crippen molar-refractivity contribution in [1.29, 1.82) is 0 Å². The minimum Gasteiger partial charge on any atom is -0.303 e. The molecule has 1 unspecified atom stereocenters. The smallest absolute Gasteiger partial charge is 0.133 e. The first-order valence-electron chi connectivity index (χ1n) is 4.10. The summed E-state index contributed by atoms with van der Waals surface area (Å²) < 4.78 is 0. The molecule has 0 heterocycles. The predicted octanol–water partition coefficient (Wildman–Crippen LogP) is 1.15. The second-order valence-electron chi connectivity index (χ2n) is 2.81. The van der Waals surface area contributed by atoms with Gasteiger partial charge in [0.1, 0.15) is 18.4 Å². The summed E-state index contributed by atoms with van der Waals surface area (Å²) in [5.74, 6) is -0.143. The maximum Gasteiger partial charge on any atom is 0.133 e. The highest BCUT2D eigenvalue weighted by Crippen LogP contribution is 2.11. The molecule has 0 aromatic carbocycles. The van der Waals surface area contributed by atoms with E-state index in [1.807, 2.05) is 0 Å². The van der Waals surface area contributed by atoms with Gasteiger partial charge in [-0.05, 0) is 19.8 Å². The molecule has 0 saturated carbocycles. The van der Waals surface area contributed by atoms with Gasteiger partial charge >= 0.3 is 0 Å². The van der Waals surface area contributed by atoms with E-state index in [-0.39, 0.29) is 18.1 Å². The molecule has 0 aliphatic rings. The minimum absolute atomic E-state index is 0.0352. The number of carbonyl (C=O) groups excluding carboxylic acids is 3. The van der Waals surface area contributed by atoms with Crippen molar-refractivity contribution in [2.45, 2.75) is 32.6 Å². The number of ketones is 1. The van der Waals surface area contributed by atoms with E-state index >= 15 is 0 Å². The van der Waals surface area contributed by atoms with E-state index in [2.05, 4.69) is 0 Å². The van der Waals surface area contributed by atoms with Gasteiger partial charge in [0.05, 0.1) is 0 Å². The van der Waals surface area contributed by atoms with E-state index in [4.69, 9.17) is 0 Å². The molecule has 12 heavy (non-hydrogen) atoms. The van der Waals surface area contributed by atoms with E-state index in [9.17, 15) is 14.4 Å². The van der Waals surface area contributed by atoms with E-state index in [0.717, 1.165) is 12.6 Å². The molecule has 0 amide bonds. The van der Waals surface area contributed by atoms with Gasteiger partial charge in [-0.1, -0.05) is 0 Å². The first kappa shape index (κ1) is 11.0. The Kier molecular flexibility index (Phi) is 6.15. The van der Waals surface area contributed by atoms with Crippen LogP contribution in [-0.2, 0) is 14.4 Å².